The second-order valence-corrected chi connectivity index (χ2v) is 5.91. The summed E-state index contributed by atoms with van der Waals surface area (Å²) in [6.45, 7) is 1.68. The molecule has 0 saturated carbocycles. The molecule has 1 unspecified atom stereocenters. The number of β-amino-alcohol motifs (C(OH)–C–C–N with tert-alkyl or cyclic N) is 1. The molecule has 4 nitrogen and oxygen atoms in total. The predicted octanol–water partition coefficient (Wildman–Crippen LogP) is 1.33. The number of hydrogen-bond acceptors (Lipinski definition) is 4. The maximum absolute atomic E-state index is 12.3. The largest absolute Gasteiger partial charge is 0.387 e. The second kappa shape index (κ2) is 5.35. The summed E-state index contributed by atoms with van der Waals surface area (Å²) in [7, 11) is 0. The minimum atomic E-state index is -1.06. The van der Waals surface area contributed by atoms with Crippen molar-refractivity contribution in [2.45, 2.75) is 18.9 Å². The van der Waals surface area contributed by atoms with Crippen LogP contribution in [0.4, 0.5) is 0 Å². The number of carbonyl (C=O) groups excluding carboxylic acids is 2. The Hall–Kier alpha value is -1.33. The number of rotatable bonds is 4. The summed E-state index contributed by atoms with van der Waals surface area (Å²) in [6.07, 6.45) is 2.10. The molecule has 2 amide bonds. The number of carbonyl (C=O) groups is 2. The van der Waals surface area contributed by atoms with Crippen LogP contribution < -0.4 is 0 Å². The molecule has 102 valence electrons. The molecule has 0 aromatic heterocycles. The molecule has 1 atom stereocenters. The quantitative estimate of drug-likeness (QED) is 0.845. The minimum Gasteiger partial charge on any atom is -0.387 e. The van der Waals surface area contributed by atoms with Crippen LogP contribution in [0.15, 0.2) is 24.3 Å². The molecule has 19 heavy (non-hydrogen) atoms. The molecule has 5 heteroatoms. The van der Waals surface area contributed by atoms with Gasteiger partial charge in [0, 0.05) is 11.3 Å². The minimum absolute atomic E-state index is 0.0415. The molecule has 0 saturated heterocycles. The maximum Gasteiger partial charge on any atom is 0.260 e. The van der Waals surface area contributed by atoms with Gasteiger partial charge in [-0.25, -0.2) is 0 Å². The van der Waals surface area contributed by atoms with Crippen LogP contribution in [0.25, 0.3) is 0 Å². The fraction of sp³-hybridized carbons (Fsp3) is 0.429. The molecule has 0 radical (unpaired) electrons. The highest BCUT2D eigenvalue weighted by Gasteiger charge is 2.35. The van der Waals surface area contributed by atoms with Crippen molar-refractivity contribution in [3.8, 4) is 0 Å². The van der Waals surface area contributed by atoms with Gasteiger partial charge in [-0.2, -0.15) is 11.8 Å². The van der Waals surface area contributed by atoms with Crippen LogP contribution in [0.3, 0.4) is 0 Å². The molecule has 1 aromatic rings. The van der Waals surface area contributed by atoms with E-state index in [-0.39, 0.29) is 24.8 Å². The highest BCUT2D eigenvalue weighted by molar-refractivity contribution is 7.98. The first kappa shape index (κ1) is 14.1. The average Bonchev–Trinajstić information content (AvgIpc) is 2.34. The van der Waals surface area contributed by atoms with E-state index in [1.165, 1.54) is 16.7 Å². The van der Waals surface area contributed by atoms with Gasteiger partial charge in [0.25, 0.3) is 5.91 Å². The number of hydrogen-bond donors (Lipinski definition) is 1. The van der Waals surface area contributed by atoms with E-state index in [0.717, 1.165) is 5.56 Å². The van der Waals surface area contributed by atoms with Gasteiger partial charge in [0.2, 0.25) is 5.91 Å². The number of fused-ring (bicyclic) bond motifs is 1. The molecule has 1 aliphatic rings. The van der Waals surface area contributed by atoms with Gasteiger partial charge in [0.1, 0.15) is 0 Å². The third-order valence-corrected chi connectivity index (χ3v) is 4.00. The van der Waals surface area contributed by atoms with Gasteiger partial charge >= 0.3 is 0 Å². The van der Waals surface area contributed by atoms with E-state index < -0.39 is 5.60 Å². The van der Waals surface area contributed by atoms with Gasteiger partial charge < -0.3 is 5.11 Å². The van der Waals surface area contributed by atoms with Crippen molar-refractivity contribution in [3.63, 3.8) is 0 Å². The highest BCUT2D eigenvalue weighted by atomic mass is 32.2. The summed E-state index contributed by atoms with van der Waals surface area (Å²) in [5.74, 6) is -0.0792. The lowest BCUT2D eigenvalue weighted by atomic mass is 9.97. The van der Waals surface area contributed by atoms with E-state index in [9.17, 15) is 14.7 Å². The molecule has 1 N–H and O–H groups in total. The zero-order valence-corrected chi connectivity index (χ0v) is 11.9. The Morgan fingerprint density at radius 3 is 2.74 bits per heavy atom. The van der Waals surface area contributed by atoms with Crippen LogP contribution in [0.2, 0.25) is 0 Å². The second-order valence-electron chi connectivity index (χ2n) is 5.05. The lowest BCUT2D eigenvalue weighted by Crippen LogP contribution is -2.50. The topological polar surface area (TPSA) is 57.6 Å². The molecule has 2 rings (SSSR count). The summed E-state index contributed by atoms with van der Waals surface area (Å²) in [5.41, 5.74) is 0.261. The fourth-order valence-corrected chi connectivity index (χ4v) is 2.97. The monoisotopic (exact) mass is 279 g/mol. The van der Waals surface area contributed by atoms with Gasteiger partial charge in [-0.1, -0.05) is 18.2 Å². The Kier molecular flexibility index (Phi) is 3.96. The number of amides is 2. The van der Waals surface area contributed by atoms with Crippen LogP contribution in [0.5, 0.6) is 0 Å². The van der Waals surface area contributed by atoms with Crippen molar-refractivity contribution in [3.05, 3.63) is 35.4 Å². The smallest absolute Gasteiger partial charge is 0.260 e. The van der Waals surface area contributed by atoms with E-state index >= 15 is 0 Å². The Morgan fingerprint density at radius 1 is 1.37 bits per heavy atom. The van der Waals surface area contributed by atoms with Crippen LogP contribution >= 0.6 is 11.8 Å². The van der Waals surface area contributed by atoms with E-state index in [2.05, 4.69) is 0 Å². The van der Waals surface area contributed by atoms with Crippen molar-refractivity contribution in [2.75, 3.05) is 18.6 Å². The molecule has 0 aliphatic carbocycles. The lowest BCUT2D eigenvalue weighted by Gasteiger charge is -2.33. The molecule has 1 aliphatic heterocycles. The standard InChI is InChI=1S/C14H17NO3S/c1-14(18,9-19-2)8-15-12(16)7-10-5-3-4-6-11(10)13(15)17/h3-6,18H,7-9H2,1-2H3. The zero-order valence-electron chi connectivity index (χ0n) is 11.0. The number of imide groups is 1. The summed E-state index contributed by atoms with van der Waals surface area (Å²) in [4.78, 5) is 25.5. The summed E-state index contributed by atoms with van der Waals surface area (Å²) in [6, 6.07) is 7.12. The number of benzene rings is 1. The summed E-state index contributed by atoms with van der Waals surface area (Å²) < 4.78 is 0. The molecular formula is C14H17NO3S. The number of thioether (sulfide) groups is 1. The normalized spacial score (nSPS) is 18.2. The summed E-state index contributed by atoms with van der Waals surface area (Å²) in [5, 5.41) is 10.2. The van der Waals surface area contributed by atoms with E-state index in [1.807, 2.05) is 12.3 Å². The number of nitrogens with zero attached hydrogens (tertiary/aromatic N) is 1. The van der Waals surface area contributed by atoms with Crippen molar-refractivity contribution >= 4 is 23.6 Å². The van der Waals surface area contributed by atoms with Crippen molar-refractivity contribution in [1.82, 2.24) is 4.90 Å². The van der Waals surface area contributed by atoms with E-state index in [4.69, 9.17) is 0 Å². The van der Waals surface area contributed by atoms with Gasteiger partial charge in [0.15, 0.2) is 0 Å². The van der Waals surface area contributed by atoms with Crippen LogP contribution in [0, 0.1) is 0 Å². The molecule has 1 heterocycles. The zero-order chi connectivity index (χ0) is 14.0. The summed E-state index contributed by atoms with van der Waals surface area (Å²) >= 11 is 1.49. The fourth-order valence-electron chi connectivity index (χ4n) is 2.26. The molecule has 1 aromatic carbocycles. The SMILES string of the molecule is CSCC(C)(O)CN1C(=O)Cc2ccccc2C1=O. The van der Waals surface area contributed by atoms with Crippen LogP contribution in [0.1, 0.15) is 22.8 Å². The first-order valence-electron chi connectivity index (χ1n) is 6.08. The van der Waals surface area contributed by atoms with Crippen LogP contribution in [-0.4, -0.2) is 46.0 Å². The van der Waals surface area contributed by atoms with Crippen molar-refractivity contribution < 1.29 is 14.7 Å². The highest BCUT2D eigenvalue weighted by Crippen LogP contribution is 2.22. The van der Waals surface area contributed by atoms with E-state index in [1.54, 1.807) is 25.1 Å². The van der Waals surface area contributed by atoms with Gasteiger partial charge in [0.05, 0.1) is 18.6 Å². The van der Waals surface area contributed by atoms with Gasteiger partial charge in [-0.05, 0) is 24.8 Å². The maximum atomic E-state index is 12.3. The third-order valence-electron chi connectivity index (χ3n) is 3.09. The number of aliphatic hydroxyl groups is 1. The molecule has 0 spiro atoms. The van der Waals surface area contributed by atoms with E-state index in [0.29, 0.717) is 11.3 Å². The Morgan fingerprint density at radius 2 is 2.05 bits per heavy atom. The molecular weight excluding hydrogens is 262 g/mol. The van der Waals surface area contributed by atoms with Gasteiger partial charge in [-0.15, -0.1) is 0 Å². The van der Waals surface area contributed by atoms with Crippen molar-refractivity contribution in [1.29, 1.82) is 0 Å². The molecule has 0 bridgehead atoms. The Labute approximate surface area is 116 Å². The Bertz CT molecular complexity index is 513. The van der Waals surface area contributed by atoms with Gasteiger partial charge in [-0.3, -0.25) is 14.5 Å². The predicted molar refractivity (Wildman–Crippen MR) is 75.2 cm³/mol. The van der Waals surface area contributed by atoms with Crippen LogP contribution in [-0.2, 0) is 11.2 Å². The van der Waals surface area contributed by atoms with Crippen molar-refractivity contribution in [2.24, 2.45) is 0 Å². The molecule has 0 fully saturated rings. The first-order valence-corrected chi connectivity index (χ1v) is 7.48. The lowest BCUT2D eigenvalue weighted by molar-refractivity contribution is -0.130. The third kappa shape index (κ3) is 2.98. The first-order chi connectivity index (χ1) is 8.94. The Balaban J connectivity index is 2.24. The average molecular weight is 279 g/mol.